The summed E-state index contributed by atoms with van der Waals surface area (Å²) in [5.41, 5.74) is 1.37. The Hall–Kier alpha value is -2.04. The highest BCUT2D eigenvalue weighted by Crippen LogP contribution is 2.46. The molecule has 2 saturated heterocycles. The second-order valence-corrected chi connectivity index (χ2v) is 9.34. The molecule has 2 atom stereocenters. The number of amides is 3. The maximum Gasteiger partial charge on any atom is 0.317 e. The molecule has 3 aliphatic rings. The molecule has 1 aromatic rings. The quantitative estimate of drug-likeness (QED) is 0.821. The largest absolute Gasteiger partial charge is 0.342 e. The van der Waals surface area contributed by atoms with E-state index >= 15 is 0 Å². The number of nitrogens with zero attached hydrogens (tertiary/aromatic N) is 2. The summed E-state index contributed by atoms with van der Waals surface area (Å²) < 4.78 is 0. The second kappa shape index (κ2) is 8.76. The van der Waals surface area contributed by atoms with Crippen LogP contribution in [-0.2, 0) is 11.2 Å². The Kier molecular flexibility index (Phi) is 6.12. The van der Waals surface area contributed by atoms with Gasteiger partial charge in [0.25, 0.3) is 0 Å². The third-order valence-electron chi connectivity index (χ3n) is 7.39. The second-order valence-electron chi connectivity index (χ2n) is 9.34. The van der Waals surface area contributed by atoms with E-state index in [9.17, 15) is 9.59 Å². The summed E-state index contributed by atoms with van der Waals surface area (Å²) in [6.45, 7) is 5.09. The van der Waals surface area contributed by atoms with Crippen molar-refractivity contribution < 1.29 is 9.59 Å². The standard InChI is InChI=1S/C24H35N3O2/c1-2-22(28)26-15-20-16-27(23(29)25-21-11-7-4-8-12-21)18-24(20,17-26)14-13-19-9-5-3-6-10-19/h3,5-6,9-10,20-21H,2,4,7-8,11-18H2,1H3,(H,25,29). The van der Waals surface area contributed by atoms with Crippen LogP contribution in [0.25, 0.3) is 0 Å². The molecular formula is C24H35N3O2. The molecule has 0 radical (unpaired) electrons. The number of carbonyl (C=O) groups is 2. The van der Waals surface area contributed by atoms with Crippen LogP contribution in [0.2, 0.25) is 0 Å². The smallest absolute Gasteiger partial charge is 0.317 e. The monoisotopic (exact) mass is 397 g/mol. The number of benzene rings is 1. The highest BCUT2D eigenvalue weighted by molar-refractivity contribution is 5.77. The van der Waals surface area contributed by atoms with Crippen molar-refractivity contribution in [2.45, 2.75) is 64.3 Å². The minimum absolute atomic E-state index is 0.0323. The molecule has 0 aromatic heterocycles. The van der Waals surface area contributed by atoms with Gasteiger partial charge in [0.05, 0.1) is 0 Å². The van der Waals surface area contributed by atoms with Crippen LogP contribution in [0.4, 0.5) is 4.79 Å². The van der Waals surface area contributed by atoms with Crippen LogP contribution < -0.4 is 5.32 Å². The van der Waals surface area contributed by atoms with Crippen LogP contribution in [0.3, 0.4) is 0 Å². The average Bonchev–Trinajstić information content (AvgIpc) is 3.28. The summed E-state index contributed by atoms with van der Waals surface area (Å²) in [6, 6.07) is 11.0. The van der Waals surface area contributed by atoms with E-state index < -0.39 is 0 Å². The van der Waals surface area contributed by atoms with Gasteiger partial charge in [-0.3, -0.25) is 4.79 Å². The molecule has 2 unspecified atom stereocenters. The number of likely N-dealkylation sites (tertiary alicyclic amines) is 2. The molecule has 5 nitrogen and oxygen atoms in total. The molecule has 2 aliphatic heterocycles. The first-order valence-electron chi connectivity index (χ1n) is 11.5. The fourth-order valence-electron chi connectivity index (χ4n) is 5.66. The number of nitrogens with one attached hydrogen (secondary N) is 1. The lowest BCUT2D eigenvalue weighted by Crippen LogP contribution is -2.46. The van der Waals surface area contributed by atoms with Gasteiger partial charge in [0.2, 0.25) is 5.91 Å². The molecule has 4 rings (SSSR count). The molecule has 0 bridgehead atoms. The molecule has 1 aliphatic carbocycles. The number of rotatable bonds is 5. The van der Waals surface area contributed by atoms with E-state index in [1.807, 2.05) is 16.7 Å². The van der Waals surface area contributed by atoms with Gasteiger partial charge >= 0.3 is 6.03 Å². The zero-order valence-corrected chi connectivity index (χ0v) is 17.7. The molecule has 1 N–H and O–H groups in total. The zero-order valence-electron chi connectivity index (χ0n) is 17.7. The van der Waals surface area contributed by atoms with Crippen molar-refractivity contribution in [2.75, 3.05) is 26.2 Å². The highest BCUT2D eigenvalue weighted by Gasteiger charge is 2.53. The molecule has 3 amide bonds. The summed E-state index contributed by atoms with van der Waals surface area (Å²) in [6.07, 6.45) is 8.56. The first kappa shape index (κ1) is 20.2. The first-order valence-corrected chi connectivity index (χ1v) is 11.5. The lowest BCUT2D eigenvalue weighted by Gasteiger charge is -2.31. The van der Waals surface area contributed by atoms with Gasteiger partial charge in [0.1, 0.15) is 0 Å². The molecule has 3 fully saturated rings. The van der Waals surface area contributed by atoms with Crippen LogP contribution >= 0.6 is 0 Å². The van der Waals surface area contributed by atoms with Gasteiger partial charge in [-0.15, -0.1) is 0 Å². The third kappa shape index (κ3) is 4.44. The predicted molar refractivity (Wildman–Crippen MR) is 115 cm³/mol. The summed E-state index contributed by atoms with van der Waals surface area (Å²) in [4.78, 5) is 29.4. The maximum absolute atomic E-state index is 13.0. The van der Waals surface area contributed by atoms with Gasteiger partial charge in [-0.05, 0) is 31.2 Å². The fraction of sp³-hybridized carbons (Fsp3) is 0.667. The lowest BCUT2D eigenvalue weighted by molar-refractivity contribution is -0.130. The van der Waals surface area contributed by atoms with E-state index in [1.165, 1.54) is 24.8 Å². The average molecular weight is 398 g/mol. The van der Waals surface area contributed by atoms with Gasteiger partial charge in [-0.25, -0.2) is 4.79 Å². The molecule has 0 spiro atoms. The lowest BCUT2D eigenvalue weighted by atomic mass is 9.76. The normalized spacial score (nSPS) is 27.1. The Bertz CT molecular complexity index is 716. The van der Waals surface area contributed by atoms with Crippen molar-refractivity contribution >= 4 is 11.9 Å². The summed E-state index contributed by atoms with van der Waals surface area (Å²) in [5.74, 6) is 0.635. The van der Waals surface area contributed by atoms with Crippen LogP contribution in [-0.4, -0.2) is 54.0 Å². The molecule has 2 heterocycles. The molecule has 29 heavy (non-hydrogen) atoms. The maximum atomic E-state index is 13.0. The Morgan fingerprint density at radius 1 is 1.03 bits per heavy atom. The van der Waals surface area contributed by atoms with Crippen molar-refractivity contribution in [1.29, 1.82) is 0 Å². The number of hydrogen-bond donors (Lipinski definition) is 1. The molecule has 1 saturated carbocycles. The van der Waals surface area contributed by atoms with Crippen LogP contribution in [0, 0.1) is 11.3 Å². The van der Waals surface area contributed by atoms with Crippen molar-refractivity contribution in [1.82, 2.24) is 15.1 Å². The topological polar surface area (TPSA) is 52.7 Å². The number of urea groups is 1. The highest BCUT2D eigenvalue weighted by atomic mass is 16.2. The van der Waals surface area contributed by atoms with Gasteiger partial charge in [-0.1, -0.05) is 56.5 Å². The molecular weight excluding hydrogens is 362 g/mol. The van der Waals surface area contributed by atoms with Crippen molar-refractivity contribution in [3.05, 3.63) is 35.9 Å². The van der Waals surface area contributed by atoms with E-state index in [2.05, 4.69) is 35.6 Å². The minimum atomic E-state index is 0.0323. The third-order valence-corrected chi connectivity index (χ3v) is 7.39. The number of fused-ring (bicyclic) bond motifs is 1. The van der Waals surface area contributed by atoms with Crippen molar-refractivity contribution in [2.24, 2.45) is 11.3 Å². The Morgan fingerprint density at radius 3 is 2.45 bits per heavy atom. The summed E-state index contributed by atoms with van der Waals surface area (Å²) in [7, 11) is 0. The number of hydrogen-bond acceptors (Lipinski definition) is 2. The van der Waals surface area contributed by atoms with Crippen molar-refractivity contribution in [3.63, 3.8) is 0 Å². The van der Waals surface area contributed by atoms with E-state index in [0.717, 1.165) is 51.9 Å². The Labute approximate surface area is 174 Å². The van der Waals surface area contributed by atoms with Crippen LogP contribution in [0.15, 0.2) is 30.3 Å². The first-order chi connectivity index (χ1) is 14.1. The van der Waals surface area contributed by atoms with Crippen molar-refractivity contribution in [3.8, 4) is 0 Å². The molecule has 158 valence electrons. The van der Waals surface area contributed by atoms with Gasteiger partial charge in [-0.2, -0.15) is 0 Å². The van der Waals surface area contributed by atoms with Gasteiger partial charge in [0, 0.05) is 50.0 Å². The number of aryl methyl sites for hydroxylation is 1. The van der Waals surface area contributed by atoms with E-state index in [1.54, 1.807) is 0 Å². The molecule has 5 heteroatoms. The van der Waals surface area contributed by atoms with Crippen LogP contribution in [0.5, 0.6) is 0 Å². The SMILES string of the molecule is CCC(=O)N1CC2CN(C(=O)NC3CCCCC3)CC2(CCc2ccccc2)C1. The minimum Gasteiger partial charge on any atom is -0.342 e. The summed E-state index contributed by atoms with van der Waals surface area (Å²) >= 11 is 0. The predicted octanol–water partition coefficient (Wildman–Crippen LogP) is 3.83. The van der Waals surface area contributed by atoms with Crippen LogP contribution in [0.1, 0.15) is 57.4 Å². The van der Waals surface area contributed by atoms with Gasteiger partial charge < -0.3 is 15.1 Å². The van der Waals surface area contributed by atoms with E-state index in [4.69, 9.17) is 0 Å². The molecule has 1 aromatic carbocycles. The zero-order chi connectivity index (χ0) is 20.3. The number of carbonyl (C=O) groups excluding carboxylic acids is 2. The Morgan fingerprint density at radius 2 is 1.72 bits per heavy atom. The Balaban J connectivity index is 1.44. The summed E-state index contributed by atoms with van der Waals surface area (Å²) in [5, 5.41) is 3.29. The fourth-order valence-corrected chi connectivity index (χ4v) is 5.66. The van der Waals surface area contributed by atoms with Gasteiger partial charge in [0.15, 0.2) is 0 Å². The van der Waals surface area contributed by atoms with E-state index in [-0.39, 0.29) is 17.4 Å². The van der Waals surface area contributed by atoms with E-state index in [0.29, 0.717) is 18.4 Å².